The lowest BCUT2D eigenvalue weighted by Gasteiger charge is -2.29. The van der Waals surface area contributed by atoms with E-state index in [1.54, 1.807) is 6.20 Å². The predicted octanol–water partition coefficient (Wildman–Crippen LogP) is 5.30. The SMILES string of the molecule is O=C(C1CC=CCC1)N1CCCC1c1nc(Nc2ccccc2)cc(-c2cccnc2)n1. The van der Waals surface area contributed by atoms with Crippen LogP contribution in [0.4, 0.5) is 11.5 Å². The Morgan fingerprint density at radius 2 is 1.94 bits per heavy atom. The molecule has 2 unspecified atom stereocenters. The molecule has 162 valence electrons. The molecule has 1 aliphatic carbocycles. The van der Waals surface area contributed by atoms with E-state index in [0.717, 1.165) is 61.4 Å². The van der Waals surface area contributed by atoms with Gasteiger partial charge in [-0.15, -0.1) is 0 Å². The average molecular weight is 426 g/mol. The highest BCUT2D eigenvalue weighted by Crippen LogP contribution is 2.35. The molecule has 1 fully saturated rings. The Kier molecular flexibility index (Phi) is 5.92. The normalized spacial score (nSPS) is 20.3. The first kappa shape index (κ1) is 20.4. The molecule has 1 amide bonds. The van der Waals surface area contributed by atoms with E-state index in [0.29, 0.717) is 5.82 Å². The van der Waals surface area contributed by atoms with Crippen LogP contribution >= 0.6 is 0 Å². The standard InChI is InChI=1S/C26H27N5O/c32-26(19-9-3-1-4-10-19)31-16-8-14-23(31)25-29-22(20-11-7-15-27-18-20)17-24(30-25)28-21-12-5-2-6-13-21/h1-3,5-7,11-13,15,17-19,23H,4,8-10,14,16H2,(H,28,29,30). The lowest BCUT2D eigenvalue weighted by molar-refractivity contribution is -0.136. The van der Waals surface area contributed by atoms with Gasteiger partial charge in [-0.2, -0.15) is 0 Å². The summed E-state index contributed by atoms with van der Waals surface area (Å²) in [6.07, 6.45) is 12.5. The Morgan fingerprint density at radius 1 is 1.03 bits per heavy atom. The molecule has 0 spiro atoms. The van der Waals surface area contributed by atoms with E-state index in [2.05, 4.69) is 22.5 Å². The summed E-state index contributed by atoms with van der Waals surface area (Å²) in [7, 11) is 0. The molecule has 1 aliphatic heterocycles. The van der Waals surface area contributed by atoms with E-state index >= 15 is 0 Å². The summed E-state index contributed by atoms with van der Waals surface area (Å²) in [6, 6.07) is 15.7. The molecule has 6 heteroatoms. The van der Waals surface area contributed by atoms with Crippen molar-refractivity contribution in [1.82, 2.24) is 19.9 Å². The number of pyridine rings is 1. The van der Waals surface area contributed by atoms with Gasteiger partial charge in [0.2, 0.25) is 5.91 Å². The molecule has 5 rings (SSSR count). The van der Waals surface area contributed by atoms with Gasteiger partial charge in [0, 0.05) is 42.2 Å². The molecular weight excluding hydrogens is 398 g/mol. The maximum atomic E-state index is 13.3. The topological polar surface area (TPSA) is 71.0 Å². The zero-order valence-electron chi connectivity index (χ0n) is 18.0. The number of nitrogens with zero attached hydrogens (tertiary/aromatic N) is 4. The van der Waals surface area contributed by atoms with Gasteiger partial charge in [-0.3, -0.25) is 9.78 Å². The number of allylic oxidation sites excluding steroid dienone is 2. The fourth-order valence-corrected chi connectivity index (χ4v) is 4.56. The molecule has 3 heterocycles. The molecule has 1 saturated heterocycles. The zero-order chi connectivity index (χ0) is 21.8. The molecule has 0 bridgehead atoms. The lowest BCUT2D eigenvalue weighted by atomic mass is 9.93. The van der Waals surface area contributed by atoms with Gasteiger partial charge >= 0.3 is 0 Å². The van der Waals surface area contributed by atoms with Crippen molar-refractivity contribution in [2.45, 2.75) is 38.1 Å². The van der Waals surface area contributed by atoms with E-state index in [1.807, 2.05) is 59.6 Å². The van der Waals surface area contributed by atoms with Gasteiger partial charge in [0.05, 0.1) is 11.7 Å². The third-order valence-corrected chi connectivity index (χ3v) is 6.20. The molecule has 32 heavy (non-hydrogen) atoms. The first-order chi connectivity index (χ1) is 15.8. The Bertz CT molecular complexity index is 1100. The largest absolute Gasteiger partial charge is 0.340 e. The Balaban J connectivity index is 1.49. The second kappa shape index (κ2) is 9.30. The number of aromatic nitrogens is 3. The second-order valence-electron chi connectivity index (χ2n) is 8.40. The number of carbonyl (C=O) groups excluding carboxylic acids is 1. The monoisotopic (exact) mass is 425 g/mol. The number of hydrogen-bond donors (Lipinski definition) is 1. The summed E-state index contributed by atoms with van der Waals surface area (Å²) in [5.74, 6) is 1.73. The first-order valence-electron chi connectivity index (χ1n) is 11.3. The van der Waals surface area contributed by atoms with Gasteiger partial charge < -0.3 is 10.2 Å². The molecule has 6 nitrogen and oxygen atoms in total. The smallest absolute Gasteiger partial charge is 0.226 e. The fourth-order valence-electron chi connectivity index (χ4n) is 4.56. The molecule has 0 saturated carbocycles. The van der Waals surface area contributed by atoms with Crippen molar-refractivity contribution in [3.63, 3.8) is 0 Å². The van der Waals surface area contributed by atoms with E-state index in [4.69, 9.17) is 9.97 Å². The lowest BCUT2D eigenvalue weighted by Crippen LogP contribution is -2.36. The highest BCUT2D eigenvalue weighted by Gasteiger charge is 2.35. The van der Waals surface area contributed by atoms with Gasteiger partial charge in [0.15, 0.2) is 5.82 Å². The molecular formula is C26H27N5O. The van der Waals surface area contributed by atoms with E-state index in [1.165, 1.54) is 0 Å². The molecule has 2 aliphatic rings. The number of amides is 1. The Hall–Kier alpha value is -3.54. The summed E-state index contributed by atoms with van der Waals surface area (Å²) in [5, 5.41) is 3.40. The van der Waals surface area contributed by atoms with Gasteiger partial charge in [-0.05, 0) is 56.4 Å². The predicted molar refractivity (Wildman–Crippen MR) is 125 cm³/mol. The maximum absolute atomic E-state index is 13.3. The summed E-state index contributed by atoms with van der Waals surface area (Å²) < 4.78 is 0. The van der Waals surface area contributed by atoms with Crippen molar-refractivity contribution < 1.29 is 4.79 Å². The molecule has 1 N–H and O–H groups in total. The Labute approximate surface area is 188 Å². The van der Waals surface area contributed by atoms with Gasteiger partial charge in [-0.1, -0.05) is 30.4 Å². The summed E-state index contributed by atoms with van der Waals surface area (Å²) >= 11 is 0. The van der Waals surface area contributed by atoms with Crippen molar-refractivity contribution in [2.24, 2.45) is 5.92 Å². The molecule has 1 aromatic carbocycles. The first-order valence-corrected chi connectivity index (χ1v) is 11.3. The van der Waals surface area contributed by atoms with Crippen LogP contribution in [0.15, 0.2) is 73.1 Å². The molecule has 2 aromatic heterocycles. The van der Waals surface area contributed by atoms with Crippen LogP contribution in [0.2, 0.25) is 0 Å². The fraction of sp³-hybridized carbons (Fsp3) is 0.308. The third-order valence-electron chi connectivity index (χ3n) is 6.20. The quantitative estimate of drug-likeness (QED) is 0.562. The number of hydrogen-bond acceptors (Lipinski definition) is 5. The van der Waals surface area contributed by atoms with Crippen molar-refractivity contribution in [1.29, 1.82) is 0 Å². The molecule has 2 atom stereocenters. The van der Waals surface area contributed by atoms with Crippen LogP contribution in [0.3, 0.4) is 0 Å². The zero-order valence-corrected chi connectivity index (χ0v) is 18.0. The van der Waals surface area contributed by atoms with Crippen LogP contribution < -0.4 is 5.32 Å². The number of nitrogens with one attached hydrogen (secondary N) is 1. The second-order valence-corrected chi connectivity index (χ2v) is 8.40. The highest BCUT2D eigenvalue weighted by molar-refractivity contribution is 5.80. The number of benzene rings is 1. The average Bonchev–Trinajstić information content (AvgIpc) is 3.35. The minimum Gasteiger partial charge on any atom is -0.340 e. The number of likely N-dealkylation sites (tertiary alicyclic amines) is 1. The van der Waals surface area contributed by atoms with E-state index < -0.39 is 0 Å². The number of rotatable bonds is 5. The maximum Gasteiger partial charge on any atom is 0.226 e. The molecule has 3 aromatic rings. The summed E-state index contributed by atoms with van der Waals surface area (Å²) in [5.41, 5.74) is 2.70. The number of anilines is 2. The van der Waals surface area contributed by atoms with Crippen LogP contribution in [0.5, 0.6) is 0 Å². The van der Waals surface area contributed by atoms with Crippen LogP contribution in [-0.4, -0.2) is 32.3 Å². The van der Waals surface area contributed by atoms with E-state index in [-0.39, 0.29) is 17.9 Å². The van der Waals surface area contributed by atoms with Crippen molar-refractivity contribution in [3.8, 4) is 11.3 Å². The number of para-hydroxylation sites is 1. The van der Waals surface area contributed by atoms with Crippen molar-refractivity contribution >= 4 is 17.4 Å². The summed E-state index contributed by atoms with van der Waals surface area (Å²) in [6.45, 7) is 0.769. The highest BCUT2D eigenvalue weighted by atomic mass is 16.2. The van der Waals surface area contributed by atoms with Crippen molar-refractivity contribution in [2.75, 3.05) is 11.9 Å². The van der Waals surface area contributed by atoms with Crippen LogP contribution in [0.25, 0.3) is 11.3 Å². The summed E-state index contributed by atoms with van der Waals surface area (Å²) in [4.78, 5) is 29.4. The van der Waals surface area contributed by atoms with Crippen LogP contribution in [0, 0.1) is 5.92 Å². The van der Waals surface area contributed by atoms with E-state index in [9.17, 15) is 4.79 Å². The van der Waals surface area contributed by atoms with Gasteiger partial charge in [0.25, 0.3) is 0 Å². The van der Waals surface area contributed by atoms with Crippen LogP contribution in [0.1, 0.15) is 44.0 Å². The van der Waals surface area contributed by atoms with Gasteiger partial charge in [-0.25, -0.2) is 9.97 Å². The number of carbonyl (C=O) groups is 1. The molecule has 0 radical (unpaired) electrons. The third kappa shape index (κ3) is 4.40. The van der Waals surface area contributed by atoms with Crippen LogP contribution in [-0.2, 0) is 4.79 Å². The Morgan fingerprint density at radius 3 is 2.72 bits per heavy atom. The van der Waals surface area contributed by atoms with Crippen molar-refractivity contribution in [3.05, 3.63) is 78.9 Å². The van der Waals surface area contributed by atoms with Gasteiger partial charge in [0.1, 0.15) is 5.82 Å². The minimum absolute atomic E-state index is 0.0732. The minimum atomic E-state index is -0.0960.